The average Bonchev–Trinajstić information content (AvgIpc) is 2.65. The van der Waals surface area contributed by atoms with Crippen molar-refractivity contribution in [1.82, 2.24) is 20.4 Å². The van der Waals surface area contributed by atoms with Gasteiger partial charge in [0.2, 0.25) is 0 Å². The first-order valence-electron chi connectivity index (χ1n) is 9.99. The van der Waals surface area contributed by atoms with Gasteiger partial charge in [-0.05, 0) is 25.6 Å². The number of nitrogens with one attached hydrogen (secondary N) is 2. The van der Waals surface area contributed by atoms with E-state index in [1.165, 1.54) is 5.56 Å². The SMILES string of the molecule is CN=C(NCC1CN(CC(C)C)CCO1)NCC(c1ccccc1)N(C)C.I. The van der Waals surface area contributed by atoms with Crippen LogP contribution in [0, 0.1) is 5.92 Å². The molecule has 6 nitrogen and oxygen atoms in total. The minimum atomic E-state index is 0. The van der Waals surface area contributed by atoms with Gasteiger partial charge in [0.25, 0.3) is 0 Å². The number of ether oxygens (including phenoxy) is 1. The number of likely N-dealkylation sites (N-methyl/N-ethyl adjacent to an activating group) is 1. The molecule has 2 atom stereocenters. The summed E-state index contributed by atoms with van der Waals surface area (Å²) in [7, 11) is 6.03. The third kappa shape index (κ3) is 8.63. The Morgan fingerprint density at radius 3 is 2.57 bits per heavy atom. The van der Waals surface area contributed by atoms with Crippen molar-refractivity contribution < 1.29 is 4.74 Å². The third-order valence-corrected chi connectivity index (χ3v) is 4.84. The summed E-state index contributed by atoms with van der Waals surface area (Å²) in [5.41, 5.74) is 1.30. The van der Waals surface area contributed by atoms with Crippen molar-refractivity contribution in [2.75, 3.05) is 60.5 Å². The molecule has 0 bridgehead atoms. The van der Waals surface area contributed by atoms with E-state index in [1.54, 1.807) is 0 Å². The molecular weight excluding hydrogens is 465 g/mol. The fourth-order valence-electron chi connectivity index (χ4n) is 3.48. The van der Waals surface area contributed by atoms with Crippen LogP contribution in [-0.4, -0.2) is 82.3 Å². The fourth-order valence-corrected chi connectivity index (χ4v) is 3.48. The maximum atomic E-state index is 5.92. The molecule has 0 aliphatic carbocycles. The van der Waals surface area contributed by atoms with Crippen LogP contribution in [0.5, 0.6) is 0 Å². The topological polar surface area (TPSA) is 52.1 Å². The summed E-state index contributed by atoms with van der Waals surface area (Å²) in [5.74, 6) is 1.51. The van der Waals surface area contributed by atoms with Crippen LogP contribution in [-0.2, 0) is 4.74 Å². The van der Waals surface area contributed by atoms with Gasteiger partial charge < -0.3 is 20.3 Å². The number of aliphatic imine (C=N–C) groups is 1. The highest BCUT2D eigenvalue weighted by molar-refractivity contribution is 14.0. The minimum Gasteiger partial charge on any atom is -0.374 e. The van der Waals surface area contributed by atoms with Crippen LogP contribution < -0.4 is 10.6 Å². The van der Waals surface area contributed by atoms with Crippen LogP contribution in [0.15, 0.2) is 35.3 Å². The molecule has 28 heavy (non-hydrogen) atoms. The van der Waals surface area contributed by atoms with Gasteiger partial charge in [-0.15, -0.1) is 24.0 Å². The van der Waals surface area contributed by atoms with Gasteiger partial charge in [-0.1, -0.05) is 44.2 Å². The normalized spacial score (nSPS) is 19.4. The standard InChI is InChI=1S/C21H37N5O.HI/c1-17(2)15-26-11-12-27-19(16-26)13-23-21(22-3)24-14-20(25(4)5)18-9-7-6-8-10-18;/h6-10,17,19-20H,11-16H2,1-5H3,(H2,22,23,24);1H. The quantitative estimate of drug-likeness (QED) is 0.324. The highest BCUT2D eigenvalue weighted by Gasteiger charge is 2.21. The molecule has 1 aromatic rings. The van der Waals surface area contributed by atoms with Gasteiger partial charge in [-0.2, -0.15) is 0 Å². The molecule has 1 aliphatic heterocycles. The average molecular weight is 503 g/mol. The fraction of sp³-hybridized carbons (Fsp3) is 0.667. The van der Waals surface area contributed by atoms with E-state index in [0.717, 1.165) is 45.3 Å². The number of hydrogen-bond donors (Lipinski definition) is 2. The number of rotatable bonds is 8. The molecule has 2 N–H and O–H groups in total. The van der Waals surface area contributed by atoms with Gasteiger partial charge in [-0.25, -0.2) is 0 Å². The molecule has 0 radical (unpaired) electrons. The Morgan fingerprint density at radius 1 is 1.25 bits per heavy atom. The first-order valence-corrected chi connectivity index (χ1v) is 9.99. The van der Waals surface area contributed by atoms with Gasteiger partial charge >= 0.3 is 0 Å². The van der Waals surface area contributed by atoms with Crippen LogP contribution in [0.3, 0.4) is 0 Å². The Kier molecular flexibility index (Phi) is 12.0. The van der Waals surface area contributed by atoms with E-state index in [1.807, 2.05) is 7.05 Å². The lowest BCUT2D eigenvalue weighted by atomic mass is 10.1. The highest BCUT2D eigenvalue weighted by Crippen LogP contribution is 2.16. The monoisotopic (exact) mass is 503 g/mol. The molecule has 0 spiro atoms. The summed E-state index contributed by atoms with van der Waals surface area (Å²) >= 11 is 0. The Balaban J connectivity index is 0.00000392. The molecule has 1 aromatic carbocycles. The molecule has 2 rings (SSSR count). The van der Waals surface area contributed by atoms with Crippen molar-refractivity contribution in [3.8, 4) is 0 Å². The summed E-state index contributed by atoms with van der Waals surface area (Å²) in [6.07, 6.45) is 0.204. The first-order chi connectivity index (χ1) is 13.0. The summed E-state index contributed by atoms with van der Waals surface area (Å²) < 4.78 is 5.92. The molecule has 0 aromatic heterocycles. The van der Waals surface area contributed by atoms with Crippen LogP contribution in [0.1, 0.15) is 25.5 Å². The molecule has 0 saturated carbocycles. The minimum absolute atomic E-state index is 0. The molecular formula is C21H38IN5O. The molecule has 160 valence electrons. The Bertz CT molecular complexity index is 567. The van der Waals surface area contributed by atoms with Crippen molar-refractivity contribution in [3.05, 3.63) is 35.9 Å². The number of morpholine rings is 1. The zero-order chi connectivity index (χ0) is 19.6. The number of guanidine groups is 1. The summed E-state index contributed by atoms with van der Waals surface area (Å²) in [4.78, 5) is 9.09. The van der Waals surface area contributed by atoms with E-state index in [9.17, 15) is 0 Å². The van der Waals surface area contributed by atoms with E-state index >= 15 is 0 Å². The van der Waals surface area contributed by atoms with Gasteiger partial charge in [0.05, 0.1) is 18.8 Å². The zero-order valence-corrected chi connectivity index (χ0v) is 20.3. The summed E-state index contributed by atoms with van der Waals surface area (Å²) in [5, 5.41) is 6.89. The number of halogens is 1. The van der Waals surface area contributed by atoms with Gasteiger partial charge in [0.1, 0.15) is 0 Å². The van der Waals surface area contributed by atoms with Crippen molar-refractivity contribution in [1.29, 1.82) is 0 Å². The Morgan fingerprint density at radius 2 is 1.96 bits per heavy atom. The Hall–Kier alpha value is -0.900. The largest absolute Gasteiger partial charge is 0.374 e. The molecule has 1 saturated heterocycles. The molecule has 1 heterocycles. The van der Waals surface area contributed by atoms with E-state index in [2.05, 4.69) is 83.7 Å². The number of hydrogen-bond acceptors (Lipinski definition) is 4. The predicted molar refractivity (Wildman–Crippen MR) is 129 cm³/mol. The first kappa shape index (κ1) is 25.1. The highest BCUT2D eigenvalue weighted by atomic mass is 127. The number of nitrogens with zero attached hydrogens (tertiary/aromatic N) is 3. The van der Waals surface area contributed by atoms with Crippen LogP contribution in [0.4, 0.5) is 0 Å². The van der Waals surface area contributed by atoms with Gasteiger partial charge in [-0.3, -0.25) is 9.89 Å². The second-order valence-electron chi connectivity index (χ2n) is 7.87. The van der Waals surface area contributed by atoms with Crippen molar-refractivity contribution in [2.45, 2.75) is 26.0 Å². The van der Waals surface area contributed by atoms with Crippen molar-refractivity contribution in [2.24, 2.45) is 10.9 Å². The Labute approximate surface area is 188 Å². The van der Waals surface area contributed by atoms with Gasteiger partial charge in [0, 0.05) is 39.8 Å². The maximum Gasteiger partial charge on any atom is 0.191 e. The second kappa shape index (κ2) is 13.3. The molecule has 1 fully saturated rings. The van der Waals surface area contributed by atoms with E-state index in [0.29, 0.717) is 5.92 Å². The van der Waals surface area contributed by atoms with Crippen molar-refractivity contribution in [3.63, 3.8) is 0 Å². The lowest BCUT2D eigenvalue weighted by molar-refractivity contribution is -0.0284. The number of benzene rings is 1. The van der Waals surface area contributed by atoms with Gasteiger partial charge in [0.15, 0.2) is 5.96 Å². The van der Waals surface area contributed by atoms with Crippen molar-refractivity contribution >= 4 is 29.9 Å². The zero-order valence-electron chi connectivity index (χ0n) is 18.0. The van der Waals surface area contributed by atoms with Crippen LogP contribution in [0.2, 0.25) is 0 Å². The molecule has 2 unspecified atom stereocenters. The van der Waals surface area contributed by atoms with Crippen LogP contribution in [0.25, 0.3) is 0 Å². The second-order valence-corrected chi connectivity index (χ2v) is 7.87. The smallest absolute Gasteiger partial charge is 0.191 e. The molecule has 0 amide bonds. The van der Waals surface area contributed by atoms with E-state index in [-0.39, 0.29) is 36.1 Å². The maximum absolute atomic E-state index is 5.92. The lowest BCUT2D eigenvalue weighted by Gasteiger charge is -2.34. The molecule has 1 aliphatic rings. The van der Waals surface area contributed by atoms with Crippen LogP contribution >= 0.6 is 24.0 Å². The third-order valence-electron chi connectivity index (χ3n) is 4.84. The van der Waals surface area contributed by atoms with E-state index < -0.39 is 0 Å². The molecule has 7 heteroatoms. The summed E-state index contributed by atoms with van der Waals surface area (Å²) in [6.45, 7) is 10.0. The lowest BCUT2D eigenvalue weighted by Crippen LogP contribution is -2.50. The predicted octanol–water partition coefficient (Wildman–Crippen LogP) is 2.43. The van der Waals surface area contributed by atoms with E-state index in [4.69, 9.17) is 4.74 Å². The summed E-state index contributed by atoms with van der Waals surface area (Å²) in [6, 6.07) is 10.8.